The van der Waals surface area contributed by atoms with Gasteiger partial charge in [-0.15, -0.1) is 11.8 Å². The lowest BCUT2D eigenvalue weighted by molar-refractivity contribution is 0.692. The van der Waals surface area contributed by atoms with Gasteiger partial charge in [0.05, 0.1) is 0 Å². The zero-order valence-corrected chi connectivity index (χ0v) is 9.60. The fraction of sp³-hybridized carbons (Fsp3) is 0.500. The number of nitrogens with one attached hydrogen (secondary N) is 1. The van der Waals surface area contributed by atoms with Crippen LogP contribution in [0.5, 0.6) is 0 Å². The van der Waals surface area contributed by atoms with E-state index in [0.29, 0.717) is 6.04 Å². The van der Waals surface area contributed by atoms with Crippen LogP contribution in [0.1, 0.15) is 19.8 Å². The number of para-hydroxylation sites is 1. The SMILES string of the molecule is CSc1ccccc1NC(C)C1CC1. The maximum atomic E-state index is 3.60. The van der Waals surface area contributed by atoms with Gasteiger partial charge in [-0.25, -0.2) is 0 Å². The molecule has 0 spiro atoms. The minimum atomic E-state index is 0.628. The van der Waals surface area contributed by atoms with E-state index in [1.165, 1.54) is 23.4 Å². The minimum Gasteiger partial charge on any atom is -0.381 e. The topological polar surface area (TPSA) is 12.0 Å². The predicted molar refractivity (Wildman–Crippen MR) is 64.0 cm³/mol. The summed E-state index contributed by atoms with van der Waals surface area (Å²) in [6.07, 6.45) is 4.92. The fourth-order valence-electron chi connectivity index (χ4n) is 1.72. The van der Waals surface area contributed by atoms with Crippen molar-refractivity contribution in [1.29, 1.82) is 0 Å². The number of thioether (sulfide) groups is 1. The van der Waals surface area contributed by atoms with Crippen molar-refractivity contribution < 1.29 is 0 Å². The van der Waals surface area contributed by atoms with E-state index in [9.17, 15) is 0 Å². The highest BCUT2D eigenvalue weighted by Gasteiger charge is 2.27. The molecule has 1 atom stereocenters. The predicted octanol–water partition coefficient (Wildman–Crippen LogP) is 3.62. The van der Waals surface area contributed by atoms with Crippen molar-refractivity contribution in [2.45, 2.75) is 30.7 Å². The Bertz CT molecular complexity index is 307. The molecule has 14 heavy (non-hydrogen) atoms. The number of rotatable bonds is 4. The molecular formula is C12H17NS. The molecule has 1 N–H and O–H groups in total. The van der Waals surface area contributed by atoms with Gasteiger partial charge in [0.15, 0.2) is 0 Å². The minimum absolute atomic E-state index is 0.628. The maximum absolute atomic E-state index is 3.60. The molecule has 0 amide bonds. The second-order valence-electron chi connectivity index (χ2n) is 3.97. The van der Waals surface area contributed by atoms with Gasteiger partial charge >= 0.3 is 0 Å². The van der Waals surface area contributed by atoms with Gasteiger partial charge < -0.3 is 5.32 Å². The standard InChI is InChI=1S/C12H17NS/c1-9(10-7-8-10)13-11-5-3-4-6-12(11)14-2/h3-6,9-10,13H,7-8H2,1-2H3. The number of benzene rings is 1. The molecule has 1 unspecified atom stereocenters. The van der Waals surface area contributed by atoms with Crippen LogP contribution in [0.3, 0.4) is 0 Å². The zero-order valence-electron chi connectivity index (χ0n) is 8.79. The molecule has 2 rings (SSSR count). The highest BCUT2D eigenvalue weighted by molar-refractivity contribution is 7.98. The second-order valence-corrected chi connectivity index (χ2v) is 4.82. The summed E-state index contributed by atoms with van der Waals surface area (Å²) < 4.78 is 0. The van der Waals surface area contributed by atoms with Crippen LogP contribution < -0.4 is 5.32 Å². The Balaban J connectivity index is 2.06. The Morgan fingerprint density at radius 2 is 2.07 bits per heavy atom. The van der Waals surface area contributed by atoms with Crippen LogP contribution in [0, 0.1) is 5.92 Å². The van der Waals surface area contributed by atoms with Crippen LogP contribution in [-0.4, -0.2) is 12.3 Å². The third kappa shape index (κ3) is 2.24. The van der Waals surface area contributed by atoms with E-state index in [4.69, 9.17) is 0 Å². The van der Waals surface area contributed by atoms with E-state index < -0.39 is 0 Å². The summed E-state index contributed by atoms with van der Waals surface area (Å²) in [6, 6.07) is 9.17. The van der Waals surface area contributed by atoms with Gasteiger partial charge in [-0.1, -0.05) is 12.1 Å². The Morgan fingerprint density at radius 3 is 2.71 bits per heavy atom. The highest BCUT2D eigenvalue weighted by Crippen LogP contribution is 2.35. The first-order valence-corrected chi connectivity index (χ1v) is 6.43. The first-order valence-electron chi connectivity index (χ1n) is 5.21. The Hall–Kier alpha value is -0.630. The normalized spacial score (nSPS) is 17.9. The third-order valence-electron chi connectivity index (χ3n) is 2.82. The van der Waals surface area contributed by atoms with Crippen molar-refractivity contribution in [1.82, 2.24) is 0 Å². The zero-order chi connectivity index (χ0) is 9.97. The van der Waals surface area contributed by atoms with Gasteiger partial charge in [0.25, 0.3) is 0 Å². The van der Waals surface area contributed by atoms with Crippen LogP contribution in [0.2, 0.25) is 0 Å². The molecule has 1 aliphatic carbocycles. The van der Waals surface area contributed by atoms with Gasteiger partial charge in [-0.05, 0) is 44.1 Å². The molecule has 1 aromatic rings. The summed E-state index contributed by atoms with van der Waals surface area (Å²) in [7, 11) is 0. The van der Waals surface area contributed by atoms with Crippen molar-refractivity contribution in [3.8, 4) is 0 Å². The van der Waals surface area contributed by atoms with Crippen LogP contribution in [0.15, 0.2) is 29.2 Å². The molecule has 1 fully saturated rings. The van der Waals surface area contributed by atoms with E-state index in [0.717, 1.165) is 5.92 Å². The van der Waals surface area contributed by atoms with Crippen LogP contribution >= 0.6 is 11.8 Å². The van der Waals surface area contributed by atoms with E-state index >= 15 is 0 Å². The molecule has 0 saturated heterocycles. The summed E-state index contributed by atoms with van der Waals surface area (Å²) >= 11 is 1.81. The molecule has 0 aliphatic heterocycles. The molecule has 1 saturated carbocycles. The Kier molecular flexibility index (Phi) is 3.02. The first-order chi connectivity index (χ1) is 6.81. The second kappa shape index (κ2) is 4.26. The monoisotopic (exact) mass is 207 g/mol. The quantitative estimate of drug-likeness (QED) is 0.757. The molecule has 0 radical (unpaired) electrons. The van der Waals surface area contributed by atoms with Crippen molar-refractivity contribution in [2.75, 3.05) is 11.6 Å². The smallest absolute Gasteiger partial charge is 0.0480 e. The van der Waals surface area contributed by atoms with Crippen molar-refractivity contribution >= 4 is 17.4 Å². The Morgan fingerprint density at radius 1 is 1.36 bits per heavy atom. The summed E-state index contributed by atoms with van der Waals surface area (Å²) in [5, 5.41) is 3.60. The maximum Gasteiger partial charge on any atom is 0.0480 e. The Labute approximate surface area is 90.3 Å². The van der Waals surface area contributed by atoms with Gasteiger partial charge in [-0.3, -0.25) is 0 Å². The number of anilines is 1. The van der Waals surface area contributed by atoms with Crippen LogP contribution in [0.4, 0.5) is 5.69 Å². The van der Waals surface area contributed by atoms with Gasteiger partial charge in [0.2, 0.25) is 0 Å². The molecule has 2 heteroatoms. The van der Waals surface area contributed by atoms with Crippen molar-refractivity contribution in [3.05, 3.63) is 24.3 Å². The molecule has 1 aliphatic rings. The largest absolute Gasteiger partial charge is 0.381 e. The van der Waals surface area contributed by atoms with Gasteiger partial charge in [0.1, 0.15) is 0 Å². The molecule has 0 heterocycles. The molecule has 1 aromatic carbocycles. The molecule has 1 nitrogen and oxygen atoms in total. The molecule has 76 valence electrons. The van der Waals surface area contributed by atoms with Crippen molar-refractivity contribution in [3.63, 3.8) is 0 Å². The summed E-state index contributed by atoms with van der Waals surface area (Å²) in [5.41, 5.74) is 1.29. The first kappa shape index (κ1) is 9.91. The lowest BCUT2D eigenvalue weighted by Crippen LogP contribution is -2.17. The average Bonchev–Trinajstić information content (AvgIpc) is 3.02. The van der Waals surface area contributed by atoms with E-state index in [-0.39, 0.29) is 0 Å². The summed E-state index contributed by atoms with van der Waals surface area (Å²) in [4.78, 5) is 1.35. The van der Waals surface area contributed by atoms with Crippen LogP contribution in [0.25, 0.3) is 0 Å². The summed E-state index contributed by atoms with van der Waals surface area (Å²) in [6.45, 7) is 2.29. The van der Waals surface area contributed by atoms with E-state index in [1.54, 1.807) is 0 Å². The van der Waals surface area contributed by atoms with E-state index in [2.05, 4.69) is 42.8 Å². The summed E-state index contributed by atoms with van der Waals surface area (Å²) in [5.74, 6) is 0.907. The lowest BCUT2D eigenvalue weighted by Gasteiger charge is -2.16. The lowest BCUT2D eigenvalue weighted by atomic mass is 10.2. The van der Waals surface area contributed by atoms with Crippen molar-refractivity contribution in [2.24, 2.45) is 5.92 Å². The fourth-order valence-corrected chi connectivity index (χ4v) is 2.28. The molecule has 0 aromatic heterocycles. The molecular weight excluding hydrogens is 190 g/mol. The highest BCUT2D eigenvalue weighted by atomic mass is 32.2. The third-order valence-corrected chi connectivity index (χ3v) is 3.62. The van der Waals surface area contributed by atoms with Gasteiger partial charge in [0, 0.05) is 16.6 Å². The number of hydrogen-bond donors (Lipinski definition) is 1. The molecule has 0 bridgehead atoms. The average molecular weight is 207 g/mol. The van der Waals surface area contributed by atoms with Crippen LogP contribution in [-0.2, 0) is 0 Å². The van der Waals surface area contributed by atoms with E-state index in [1.807, 2.05) is 11.8 Å². The number of hydrogen-bond acceptors (Lipinski definition) is 2. The van der Waals surface area contributed by atoms with Gasteiger partial charge in [-0.2, -0.15) is 0 Å².